The van der Waals surface area contributed by atoms with Crippen LogP contribution in [0.5, 0.6) is 0 Å². The third kappa shape index (κ3) is 11.3. The molecule has 0 radical (unpaired) electrons. The standard InChI is InChI=1S/C30H32O9P2S4/c1-24(31)22-37-29(43-26-16-8-3-9-17-26,23-42-25-14-6-2-7-15-25)30(44-27-18-10-4-11-19-27,45-28-20-12-5-13-21-28)38-41(35,36)39-40(32,33)34/h2-21,24,31H,22-23H2,1H3,(H,35,36)(H2,32,33,34). The molecule has 0 aliphatic carbocycles. The van der Waals surface area contributed by atoms with E-state index in [1.807, 2.05) is 72.8 Å². The Labute approximate surface area is 279 Å². The Balaban J connectivity index is 2.01. The van der Waals surface area contributed by atoms with E-state index in [-0.39, 0.29) is 12.4 Å². The van der Waals surface area contributed by atoms with Gasteiger partial charge in [-0.15, -0.1) is 11.8 Å². The van der Waals surface area contributed by atoms with Crippen LogP contribution in [0.3, 0.4) is 0 Å². The maximum absolute atomic E-state index is 13.6. The monoisotopic (exact) mass is 726 g/mol. The van der Waals surface area contributed by atoms with Gasteiger partial charge >= 0.3 is 15.6 Å². The van der Waals surface area contributed by atoms with Crippen LogP contribution in [0, 0.1) is 0 Å². The first-order chi connectivity index (χ1) is 21.4. The Morgan fingerprint density at radius 3 is 1.47 bits per heavy atom. The van der Waals surface area contributed by atoms with Crippen LogP contribution in [0.25, 0.3) is 0 Å². The number of rotatable bonds is 17. The van der Waals surface area contributed by atoms with E-state index in [1.54, 1.807) is 55.5 Å². The molecule has 0 saturated carbocycles. The number of ether oxygens (including phenoxy) is 1. The van der Waals surface area contributed by atoms with E-state index in [1.165, 1.54) is 23.5 Å². The van der Waals surface area contributed by atoms with Crippen molar-refractivity contribution < 1.29 is 42.5 Å². The summed E-state index contributed by atoms with van der Waals surface area (Å²) in [5.74, 6) is 0.0822. The summed E-state index contributed by atoms with van der Waals surface area (Å²) in [6.45, 7) is 1.34. The molecule has 4 aromatic carbocycles. The zero-order valence-corrected chi connectivity index (χ0v) is 29.0. The maximum atomic E-state index is 13.6. The van der Waals surface area contributed by atoms with Gasteiger partial charge in [0, 0.05) is 25.3 Å². The first kappa shape index (κ1) is 36.3. The maximum Gasteiger partial charge on any atom is 0.483 e. The summed E-state index contributed by atoms with van der Waals surface area (Å²) in [5, 5.41) is 10.5. The molecular formula is C30H32O9P2S4. The van der Waals surface area contributed by atoms with Crippen molar-refractivity contribution >= 4 is 62.7 Å². The van der Waals surface area contributed by atoms with Crippen LogP contribution in [0.2, 0.25) is 0 Å². The second-order valence-electron chi connectivity index (χ2n) is 9.45. The molecule has 0 bridgehead atoms. The van der Waals surface area contributed by atoms with E-state index in [0.29, 0.717) is 14.7 Å². The van der Waals surface area contributed by atoms with Gasteiger partial charge in [-0.05, 0) is 55.5 Å². The number of aliphatic hydroxyl groups is 1. The van der Waals surface area contributed by atoms with Gasteiger partial charge in [0.1, 0.15) is 0 Å². The van der Waals surface area contributed by atoms with Gasteiger partial charge in [0.2, 0.25) is 4.27 Å². The highest BCUT2D eigenvalue weighted by atomic mass is 32.2. The van der Waals surface area contributed by atoms with E-state index in [9.17, 15) is 28.9 Å². The number of benzene rings is 4. The summed E-state index contributed by atoms with van der Waals surface area (Å²) in [6, 6.07) is 36.5. The predicted molar refractivity (Wildman–Crippen MR) is 181 cm³/mol. The van der Waals surface area contributed by atoms with Crippen molar-refractivity contribution in [3.8, 4) is 0 Å². The van der Waals surface area contributed by atoms with E-state index < -0.39 is 30.9 Å². The van der Waals surface area contributed by atoms with Crippen LogP contribution in [0.4, 0.5) is 0 Å². The average Bonchev–Trinajstić information content (AvgIpc) is 2.99. The SMILES string of the molecule is CC(O)COC(CSc1ccccc1)(Sc1ccccc1)C(OP(=O)(O)OP(=O)(O)O)(Sc1ccccc1)Sc1ccccc1. The summed E-state index contributed by atoms with van der Waals surface area (Å²) in [7, 11) is -11.0. The van der Waals surface area contributed by atoms with Gasteiger partial charge in [-0.2, -0.15) is 4.31 Å². The van der Waals surface area contributed by atoms with Crippen LogP contribution < -0.4 is 0 Å². The molecule has 0 heterocycles. The van der Waals surface area contributed by atoms with Crippen molar-refractivity contribution in [1.29, 1.82) is 0 Å². The molecule has 0 aliphatic heterocycles. The second kappa shape index (κ2) is 16.5. The largest absolute Gasteiger partial charge is 0.483 e. The van der Waals surface area contributed by atoms with E-state index in [4.69, 9.17) is 9.26 Å². The average molecular weight is 727 g/mol. The lowest BCUT2D eigenvalue weighted by molar-refractivity contribution is -0.0544. The number of phosphoric acid groups is 2. The number of hydrogen-bond donors (Lipinski definition) is 4. The zero-order chi connectivity index (χ0) is 32.4. The molecule has 0 amide bonds. The van der Waals surface area contributed by atoms with Crippen molar-refractivity contribution in [2.45, 2.75) is 41.8 Å². The van der Waals surface area contributed by atoms with Crippen LogP contribution >= 0.6 is 62.7 Å². The van der Waals surface area contributed by atoms with E-state index >= 15 is 0 Å². The molecule has 4 rings (SSSR count). The molecule has 9 nitrogen and oxygen atoms in total. The molecule has 0 aliphatic rings. The molecule has 0 spiro atoms. The Bertz CT molecular complexity index is 1520. The fraction of sp³-hybridized carbons (Fsp3) is 0.200. The van der Waals surface area contributed by atoms with Gasteiger partial charge in [-0.25, -0.2) is 9.13 Å². The quantitative estimate of drug-likeness (QED) is 0.0473. The number of phosphoric ester groups is 1. The molecule has 3 unspecified atom stereocenters. The van der Waals surface area contributed by atoms with Crippen LogP contribution in [0.1, 0.15) is 6.92 Å². The zero-order valence-electron chi connectivity index (χ0n) is 23.9. The lowest BCUT2D eigenvalue weighted by Gasteiger charge is -2.48. The minimum atomic E-state index is -5.52. The Morgan fingerprint density at radius 2 is 1.07 bits per heavy atom. The molecule has 0 fully saturated rings. The molecule has 4 N–H and O–H groups in total. The first-order valence-corrected chi connectivity index (χ1v) is 19.9. The summed E-state index contributed by atoms with van der Waals surface area (Å²) in [6.07, 6.45) is -0.948. The van der Waals surface area contributed by atoms with Gasteiger partial charge in [-0.1, -0.05) is 108 Å². The molecule has 45 heavy (non-hydrogen) atoms. The fourth-order valence-electron chi connectivity index (χ4n) is 3.84. The molecular weight excluding hydrogens is 695 g/mol. The molecule has 240 valence electrons. The van der Waals surface area contributed by atoms with Crippen LogP contribution in [0.15, 0.2) is 141 Å². The molecule has 3 atom stereocenters. The normalized spacial score (nSPS) is 15.6. The topological polar surface area (TPSA) is 143 Å². The molecule has 0 saturated heterocycles. The van der Waals surface area contributed by atoms with Crippen LogP contribution in [-0.4, -0.2) is 47.4 Å². The molecule has 15 heteroatoms. The summed E-state index contributed by atoms with van der Waals surface area (Å²) >= 11 is 4.65. The van der Waals surface area contributed by atoms with Gasteiger partial charge < -0.3 is 24.5 Å². The highest BCUT2D eigenvalue weighted by Crippen LogP contribution is 2.69. The smallest absolute Gasteiger partial charge is 0.391 e. The van der Waals surface area contributed by atoms with Gasteiger partial charge in [-0.3, -0.25) is 4.52 Å². The Hall–Kier alpha value is -1.54. The fourth-order valence-corrected chi connectivity index (χ4v) is 12.0. The number of aliphatic hydroxyl groups excluding tert-OH is 1. The summed E-state index contributed by atoms with van der Waals surface area (Å²) in [4.78, 5) is 31.3. The van der Waals surface area contributed by atoms with Crippen molar-refractivity contribution in [2.75, 3.05) is 12.4 Å². The van der Waals surface area contributed by atoms with Gasteiger partial charge in [0.05, 0.1) is 12.7 Å². The highest BCUT2D eigenvalue weighted by molar-refractivity contribution is 8.20. The molecule has 0 aromatic heterocycles. The van der Waals surface area contributed by atoms with Crippen molar-refractivity contribution in [3.63, 3.8) is 0 Å². The van der Waals surface area contributed by atoms with Gasteiger partial charge in [0.25, 0.3) is 0 Å². The number of thioether (sulfide) groups is 4. The van der Waals surface area contributed by atoms with E-state index in [2.05, 4.69) is 4.31 Å². The summed E-state index contributed by atoms with van der Waals surface area (Å²) < 4.78 is 40.6. The Kier molecular flexibility index (Phi) is 13.3. The Morgan fingerprint density at radius 1 is 0.667 bits per heavy atom. The summed E-state index contributed by atoms with van der Waals surface area (Å²) in [5.41, 5.74) is 0. The lowest BCUT2D eigenvalue weighted by atomic mass is 10.3. The lowest BCUT2D eigenvalue weighted by Crippen LogP contribution is -2.53. The number of hydrogen-bond acceptors (Lipinski definition) is 10. The molecule has 4 aromatic rings. The van der Waals surface area contributed by atoms with Crippen LogP contribution in [-0.2, 0) is 22.7 Å². The first-order valence-electron chi connectivity index (χ1n) is 13.4. The third-order valence-corrected chi connectivity index (χ3v) is 14.0. The van der Waals surface area contributed by atoms with Crippen molar-refractivity contribution in [2.24, 2.45) is 0 Å². The van der Waals surface area contributed by atoms with Gasteiger partial charge in [0.15, 0.2) is 4.93 Å². The minimum Gasteiger partial charge on any atom is -0.391 e. The second-order valence-corrected chi connectivity index (χ2v) is 17.3. The minimum absolute atomic E-state index is 0.0822. The highest BCUT2D eigenvalue weighted by Gasteiger charge is 2.61. The van der Waals surface area contributed by atoms with Crippen molar-refractivity contribution in [3.05, 3.63) is 121 Å². The van der Waals surface area contributed by atoms with E-state index in [0.717, 1.165) is 28.4 Å². The third-order valence-electron chi connectivity index (χ3n) is 5.66. The van der Waals surface area contributed by atoms with Crippen molar-refractivity contribution in [1.82, 2.24) is 0 Å². The predicted octanol–water partition coefficient (Wildman–Crippen LogP) is 8.13.